The van der Waals surface area contributed by atoms with E-state index in [2.05, 4.69) is 16.5 Å². The van der Waals surface area contributed by atoms with Crippen LogP contribution in [-0.4, -0.2) is 59.7 Å². The summed E-state index contributed by atoms with van der Waals surface area (Å²) in [6, 6.07) is 7.00. The van der Waals surface area contributed by atoms with Crippen LogP contribution in [0.5, 0.6) is 0 Å². The molecule has 1 atom stereocenters. The van der Waals surface area contributed by atoms with Crippen molar-refractivity contribution in [2.75, 3.05) is 35.5 Å². The predicted octanol–water partition coefficient (Wildman–Crippen LogP) is 3.60. The molecule has 1 N–H and O–H groups in total. The number of hydrogen-bond acceptors (Lipinski definition) is 6. The molecule has 2 saturated heterocycles. The topological polar surface area (TPSA) is 99.9 Å². The van der Waals surface area contributed by atoms with Gasteiger partial charge in [0.15, 0.2) is 5.65 Å². The summed E-state index contributed by atoms with van der Waals surface area (Å²) in [5, 5.41) is 4.97. The fraction of sp³-hybridized carbons (Fsp3) is 0.480. The molecule has 0 unspecified atom stereocenters. The molecule has 0 radical (unpaired) electrons. The summed E-state index contributed by atoms with van der Waals surface area (Å²) >= 11 is 0. The Balaban J connectivity index is 1.55. The highest BCUT2D eigenvalue weighted by Gasteiger charge is 2.33. The average Bonchev–Trinajstić information content (AvgIpc) is 3.18. The molecule has 3 aromatic rings. The Hall–Kier alpha value is -3.14. The number of amides is 1. The molecule has 186 valence electrons. The van der Waals surface area contributed by atoms with Crippen LogP contribution in [0.15, 0.2) is 24.3 Å². The van der Waals surface area contributed by atoms with Gasteiger partial charge in [-0.1, -0.05) is 11.6 Å². The van der Waals surface area contributed by atoms with Gasteiger partial charge in [-0.25, -0.2) is 13.4 Å². The lowest BCUT2D eigenvalue weighted by atomic mass is 9.97. The first-order valence-electron chi connectivity index (χ1n) is 12.1. The number of aromatic nitrogens is 3. The number of carbonyl (C=O) groups is 1. The zero-order valence-corrected chi connectivity index (χ0v) is 21.5. The van der Waals surface area contributed by atoms with Crippen LogP contribution < -0.4 is 9.62 Å². The Morgan fingerprint density at radius 1 is 1.06 bits per heavy atom. The summed E-state index contributed by atoms with van der Waals surface area (Å²) in [6.07, 6.45) is 4.95. The van der Waals surface area contributed by atoms with Crippen LogP contribution in [0, 0.1) is 20.8 Å². The second-order valence-electron chi connectivity index (χ2n) is 9.76. The number of aryl methyl sites for hydroxylation is 2. The maximum Gasteiger partial charge on any atom is 0.256 e. The lowest BCUT2D eigenvalue weighted by Crippen LogP contribution is -2.40. The van der Waals surface area contributed by atoms with E-state index in [1.807, 2.05) is 29.3 Å². The number of nitrogens with one attached hydrogen (secondary N) is 1. The van der Waals surface area contributed by atoms with Crippen LogP contribution in [0.2, 0.25) is 0 Å². The molecular weight excluding hydrogens is 464 g/mol. The zero-order chi connectivity index (χ0) is 24.9. The fourth-order valence-electron chi connectivity index (χ4n) is 5.02. The van der Waals surface area contributed by atoms with E-state index < -0.39 is 10.0 Å². The minimum absolute atomic E-state index is 0.190. The van der Waals surface area contributed by atoms with E-state index in [9.17, 15) is 13.2 Å². The van der Waals surface area contributed by atoms with Crippen LogP contribution in [-0.2, 0) is 10.0 Å². The van der Waals surface area contributed by atoms with Crippen molar-refractivity contribution in [2.45, 2.75) is 52.5 Å². The van der Waals surface area contributed by atoms with Gasteiger partial charge in [0, 0.05) is 37.0 Å². The molecule has 2 aliphatic rings. The Labute approximate surface area is 206 Å². The Bertz CT molecular complexity index is 1410. The smallest absolute Gasteiger partial charge is 0.256 e. The van der Waals surface area contributed by atoms with E-state index in [1.165, 1.54) is 6.42 Å². The van der Waals surface area contributed by atoms with Crippen molar-refractivity contribution >= 4 is 33.1 Å². The number of carbonyl (C=O) groups excluding carboxylic acids is 1. The molecule has 1 amide bonds. The van der Waals surface area contributed by atoms with Crippen molar-refractivity contribution < 1.29 is 13.2 Å². The van der Waals surface area contributed by atoms with Gasteiger partial charge in [-0.15, -0.1) is 0 Å². The van der Waals surface area contributed by atoms with Crippen LogP contribution in [0.25, 0.3) is 5.65 Å². The van der Waals surface area contributed by atoms with E-state index >= 15 is 0 Å². The van der Waals surface area contributed by atoms with Gasteiger partial charge in [0.25, 0.3) is 5.91 Å². The van der Waals surface area contributed by atoms with Gasteiger partial charge in [0.05, 0.1) is 29.2 Å². The Morgan fingerprint density at radius 3 is 2.51 bits per heavy atom. The number of nitrogens with zero attached hydrogens (tertiary/aromatic N) is 5. The van der Waals surface area contributed by atoms with Crippen molar-refractivity contribution in [3.05, 3.63) is 52.3 Å². The predicted molar refractivity (Wildman–Crippen MR) is 137 cm³/mol. The van der Waals surface area contributed by atoms with Crippen molar-refractivity contribution in [1.82, 2.24) is 19.5 Å². The largest absolute Gasteiger partial charge is 0.356 e. The van der Waals surface area contributed by atoms with Gasteiger partial charge in [-0.3, -0.25) is 9.52 Å². The first-order valence-corrected chi connectivity index (χ1v) is 14.0. The highest BCUT2D eigenvalue weighted by atomic mass is 32.2. The number of hydrogen-bond donors (Lipinski definition) is 1. The summed E-state index contributed by atoms with van der Waals surface area (Å²) in [4.78, 5) is 22.8. The van der Waals surface area contributed by atoms with Crippen molar-refractivity contribution in [3.63, 3.8) is 0 Å². The molecule has 0 saturated carbocycles. The average molecular weight is 497 g/mol. The number of piperidine rings is 1. The van der Waals surface area contributed by atoms with Gasteiger partial charge in [-0.05, 0) is 58.6 Å². The highest BCUT2D eigenvalue weighted by molar-refractivity contribution is 7.92. The SMILES string of the molecule is Cc1ccc(NS(C)(=O)=O)c(C(=O)N2CCCC[C@H]2c2cc3nc(C)c(C)c(N4CCC4)n3n2)c1. The summed E-state index contributed by atoms with van der Waals surface area (Å²) in [7, 11) is -3.53. The summed E-state index contributed by atoms with van der Waals surface area (Å²) in [5.41, 5.74) is 5.27. The third-order valence-electron chi connectivity index (χ3n) is 7.03. The van der Waals surface area contributed by atoms with Crippen LogP contribution in [0.1, 0.15) is 64.6 Å². The highest BCUT2D eigenvalue weighted by Crippen LogP contribution is 2.35. The quantitative estimate of drug-likeness (QED) is 0.579. The molecule has 0 aliphatic carbocycles. The lowest BCUT2D eigenvalue weighted by Gasteiger charge is -2.35. The number of rotatable bonds is 5. The van der Waals surface area contributed by atoms with E-state index in [0.29, 0.717) is 17.8 Å². The standard InChI is InChI=1S/C25H32N6O3S/c1-16-9-10-20(28-35(4,33)34)19(14-16)25(32)30-13-6-5-8-22(30)21-15-23-26-18(3)17(2)24(31(23)27-21)29-11-7-12-29/h9-10,14-15,22,28H,5-8,11-13H2,1-4H3/t22-/m0/s1. The molecule has 2 aliphatic heterocycles. The molecule has 10 heteroatoms. The lowest BCUT2D eigenvalue weighted by molar-refractivity contribution is 0.0606. The molecule has 4 heterocycles. The number of benzene rings is 1. The first-order chi connectivity index (χ1) is 16.6. The molecule has 1 aromatic carbocycles. The van der Waals surface area contributed by atoms with Crippen LogP contribution >= 0.6 is 0 Å². The maximum absolute atomic E-state index is 13.8. The zero-order valence-electron chi connectivity index (χ0n) is 20.7. The second-order valence-corrected chi connectivity index (χ2v) is 11.5. The molecule has 35 heavy (non-hydrogen) atoms. The molecule has 0 bridgehead atoms. The van der Waals surface area contributed by atoms with E-state index in [-0.39, 0.29) is 11.9 Å². The van der Waals surface area contributed by atoms with E-state index in [1.54, 1.807) is 18.2 Å². The third kappa shape index (κ3) is 4.47. The molecule has 2 fully saturated rings. The molecular formula is C25H32N6O3S. The number of sulfonamides is 1. The monoisotopic (exact) mass is 496 g/mol. The fourth-order valence-corrected chi connectivity index (χ4v) is 5.60. The first kappa shape index (κ1) is 23.6. The van der Waals surface area contributed by atoms with Gasteiger partial charge in [-0.2, -0.15) is 9.61 Å². The van der Waals surface area contributed by atoms with Gasteiger partial charge < -0.3 is 9.80 Å². The number of likely N-dealkylation sites (tertiary alicyclic amines) is 1. The van der Waals surface area contributed by atoms with Gasteiger partial charge >= 0.3 is 0 Å². The van der Waals surface area contributed by atoms with Gasteiger partial charge in [0.1, 0.15) is 5.82 Å². The summed E-state index contributed by atoms with van der Waals surface area (Å²) < 4.78 is 28.3. The summed E-state index contributed by atoms with van der Waals surface area (Å²) in [6.45, 7) is 8.60. The third-order valence-corrected chi connectivity index (χ3v) is 7.62. The van der Waals surface area contributed by atoms with Crippen molar-refractivity contribution in [1.29, 1.82) is 0 Å². The normalized spacial score (nSPS) is 18.6. The van der Waals surface area contributed by atoms with Crippen molar-refractivity contribution in [2.24, 2.45) is 0 Å². The van der Waals surface area contributed by atoms with E-state index in [4.69, 9.17) is 10.1 Å². The molecule has 5 rings (SSSR count). The van der Waals surface area contributed by atoms with Crippen LogP contribution in [0.4, 0.5) is 11.5 Å². The molecule has 9 nitrogen and oxygen atoms in total. The minimum atomic E-state index is -3.53. The molecule has 0 spiro atoms. The van der Waals surface area contributed by atoms with Gasteiger partial charge in [0.2, 0.25) is 10.0 Å². The molecule has 2 aromatic heterocycles. The summed E-state index contributed by atoms with van der Waals surface area (Å²) in [5.74, 6) is 0.891. The van der Waals surface area contributed by atoms with Crippen molar-refractivity contribution in [3.8, 4) is 0 Å². The maximum atomic E-state index is 13.8. The Kier molecular flexibility index (Phi) is 5.94. The van der Waals surface area contributed by atoms with Crippen LogP contribution in [0.3, 0.4) is 0 Å². The Morgan fingerprint density at radius 2 is 1.83 bits per heavy atom. The second kappa shape index (κ2) is 8.82. The number of fused-ring (bicyclic) bond motifs is 1. The number of anilines is 2. The minimum Gasteiger partial charge on any atom is -0.356 e. The van der Waals surface area contributed by atoms with E-state index in [0.717, 1.165) is 72.6 Å².